The number of benzene rings is 1. The van der Waals surface area contributed by atoms with Crippen LogP contribution in [-0.2, 0) is 0 Å². The summed E-state index contributed by atoms with van der Waals surface area (Å²) in [5.74, 6) is 1.30. The normalized spacial score (nSPS) is 14.5. The van der Waals surface area contributed by atoms with Gasteiger partial charge < -0.3 is 9.47 Å². The minimum Gasteiger partial charge on any atom is -0.490 e. The molecule has 0 saturated heterocycles. The Labute approximate surface area is 130 Å². The molecule has 0 aromatic heterocycles. The number of hydrogen-bond acceptors (Lipinski definition) is 5. The second-order valence-electron chi connectivity index (χ2n) is 4.35. The standard InChI is InChI=1S/C13H14BrN5O2/c14-10-6-9(11(8-15)17-2-3-18-19-16)7-12-13(10)21-5-1-4-20-12/h6-7,11,17H,1-5H2. The first-order chi connectivity index (χ1) is 10.3. The Bertz CT molecular complexity index is 595. The van der Waals surface area contributed by atoms with Crippen molar-refractivity contribution in [2.75, 3.05) is 26.3 Å². The smallest absolute Gasteiger partial charge is 0.175 e. The second-order valence-corrected chi connectivity index (χ2v) is 5.21. The fourth-order valence-electron chi connectivity index (χ4n) is 1.96. The molecule has 21 heavy (non-hydrogen) atoms. The van der Waals surface area contributed by atoms with Crippen molar-refractivity contribution in [2.45, 2.75) is 12.5 Å². The molecule has 0 amide bonds. The fourth-order valence-corrected chi connectivity index (χ4v) is 2.53. The molecule has 8 heteroatoms. The van der Waals surface area contributed by atoms with Crippen molar-refractivity contribution >= 4 is 15.9 Å². The zero-order valence-electron chi connectivity index (χ0n) is 11.3. The van der Waals surface area contributed by atoms with Crippen LogP contribution in [0.5, 0.6) is 11.5 Å². The maximum absolute atomic E-state index is 9.28. The summed E-state index contributed by atoms with van der Waals surface area (Å²) in [6.45, 7) is 1.91. The molecule has 1 aromatic carbocycles. The number of rotatable bonds is 5. The third-order valence-electron chi connectivity index (χ3n) is 2.91. The summed E-state index contributed by atoms with van der Waals surface area (Å²) < 4.78 is 12.0. The first-order valence-corrected chi connectivity index (χ1v) is 7.28. The van der Waals surface area contributed by atoms with Crippen LogP contribution in [0.25, 0.3) is 10.4 Å². The van der Waals surface area contributed by atoms with Crippen molar-refractivity contribution in [3.8, 4) is 17.6 Å². The molecule has 1 aromatic rings. The highest BCUT2D eigenvalue weighted by molar-refractivity contribution is 9.10. The Morgan fingerprint density at radius 2 is 2.29 bits per heavy atom. The van der Waals surface area contributed by atoms with Gasteiger partial charge in [-0.1, -0.05) is 5.11 Å². The number of nitrogens with zero attached hydrogens (tertiary/aromatic N) is 4. The van der Waals surface area contributed by atoms with Crippen LogP contribution in [0.15, 0.2) is 21.7 Å². The monoisotopic (exact) mass is 351 g/mol. The van der Waals surface area contributed by atoms with Crippen LogP contribution in [0.3, 0.4) is 0 Å². The van der Waals surface area contributed by atoms with E-state index < -0.39 is 6.04 Å². The van der Waals surface area contributed by atoms with Crippen molar-refractivity contribution in [1.29, 1.82) is 5.26 Å². The van der Waals surface area contributed by atoms with Crippen molar-refractivity contribution in [1.82, 2.24) is 5.32 Å². The SMILES string of the molecule is N#CC(NCCN=[N+]=[N-])c1cc(Br)c2c(c1)OCCCO2. The zero-order chi connectivity index (χ0) is 15.1. The lowest BCUT2D eigenvalue weighted by Crippen LogP contribution is -2.22. The van der Waals surface area contributed by atoms with E-state index in [1.807, 2.05) is 6.07 Å². The maximum atomic E-state index is 9.28. The molecule has 1 heterocycles. The van der Waals surface area contributed by atoms with Gasteiger partial charge >= 0.3 is 0 Å². The van der Waals surface area contributed by atoms with E-state index in [9.17, 15) is 5.26 Å². The minimum absolute atomic E-state index is 0.292. The predicted molar refractivity (Wildman–Crippen MR) is 80.1 cm³/mol. The van der Waals surface area contributed by atoms with E-state index in [0.717, 1.165) is 16.5 Å². The third-order valence-corrected chi connectivity index (χ3v) is 3.50. The molecule has 0 bridgehead atoms. The van der Waals surface area contributed by atoms with E-state index >= 15 is 0 Å². The van der Waals surface area contributed by atoms with Gasteiger partial charge in [-0.05, 0) is 39.2 Å². The lowest BCUT2D eigenvalue weighted by Gasteiger charge is -2.15. The van der Waals surface area contributed by atoms with Crippen LogP contribution in [0.4, 0.5) is 0 Å². The van der Waals surface area contributed by atoms with Crippen LogP contribution in [0, 0.1) is 11.3 Å². The van der Waals surface area contributed by atoms with Crippen molar-refractivity contribution in [3.05, 3.63) is 32.6 Å². The van der Waals surface area contributed by atoms with E-state index in [2.05, 4.69) is 37.3 Å². The molecule has 0 saturated carbocycles. The molecule has 0 aliphatic carbocycles. The molecular formula is C13H14BrN5O2. The Morgan fingerprint density at radius 1 is 1.48 bits per heavy atom. The molecule has 110 valence electrons. The Kier molecular flexibility index (Phi) is 5.69. The molecule has 1 unspecified atom stereocenters. The molecule has 1 aliphatic rings. The zero-order valence-corrected chi connectivity index (χ0v) is 12.8. The summed E-state index contributed by atoms with van der Waals surface area (Å²) >= 11 is 3.45. The van der Waals surface area contributed by atoms with Crippen molar-refractivity contribution in [3.63, 3.8) is 0 Å². The molecule has 1 aliphatic heterocycles. The number of halogens is 1. The number of nitrogens with one attached hydrogen (secondary N) is 1. The quantitative estimate of drug-likeness (QED) is 0.381. The largest absolute Gasteiger partial charge is 0.490 e. The lowest BCUT2D eigenvalue weighted by atomic mass is 10.1. The second kappa shape index (κ2) is 7.74. The Morgan fingerprint density at radius 3 is 3.05 bits per heavy atom. The first kappa shape index (κ1) is 15.4. The highest BCUT2D eigenvalue weighted by atomic mass is 79.9. The number of nitriles is 1. The Hall–Kier alpha value is -1.94. The molecule has 1 atom stereocenters. The van der Waals surface area contributed by atoms with E-state index in [-0.39, 0.29) is 0 Å². The van der Waals surface area contributed by atoms with Crippen LogP contribution in [0.1, 0.15) is 18.0 Å². The van der Waals surface area contributed by atoms with Gasteiger partial charge in [0.2, 0.25) is 0 Å². The summed E-state index contributed by atoms with van der Waals surface area (Å²) in [4.78, 5) is 2.67. The average molecular weight is 352 g/mol. The summed E-state index contributed by atoms with van der Waals surface area (Å²) in [5, 5.41) is 15.7. The van der Waals surface area contributed by atoms with Gasteiger partial charge in [-0.2, -0.15) is 5.26 Å². The molecule has 0 radical (unpaired) electrons. The fraction of sp³-hybridized carbons (Fsp3) is 0.462. The highest BCUT2D eigenvalue weighted by Gasteiger charge is 2.19. The van der Waals surface area contributed by atoms with Gasteiger partial charge in [0.1, 0.15) is 6.04 Å². The van der Waals surface area contributed by atoms with Gasteiger partial charge in [0, 0.05) is 24.4 Å². The average Bonchev–Trinajstić information content (AvgIpc) is 2.73. The molecule has 1 N–H and O–H groups in total. The predicted octanol–water partition coefficient (Wildman–Crippen LogP) is 3.07. The summed E-state index contributed by atoms with van der Waals surface area (Å²) in [6, 6.07) is 5.32. The van der Waals surface area contributed by atoms with Gasteiger partial charge in [0.25, 0.3) is 0 Å². The topological polar surface area (TPSA) is 103 Å². The van der Waals surface area contributed by atoms with Gasteiger partial charge in [0.05, 0.1) is 23.8 Å². The highest BCUT2D eigenvalue weighted by Crippen LogP contribution is 2.39. The third kappa shape index (κ3) is 4.02. The molecule has 7 nitrogen and oxygen atoms in total. The molecule has 0 fully saturated rings. The van der Waals surface area contributed by atoms with Crippen LogP contribution in [0.2, 0.25) is 0 Å². The summed E-state index contributed by atoms with van der Waals surface area (Å²) in [6.07, 6.45) is 0.822. The summed E-state index contributed by atoms with van der Waals surface area (Å²) in [5.41, 5.74) is 9.00. The number of azide groups is 1. The van der Waals surface area contributed by atoms with E-state index in [1.165, 1.54) is 0 Å². The Balaban J connectivity index is 2.18. The maximum Gasteiger partial charge on any atom is 0.175 e. The first-order valence-electron chi connectivity index (χ1n) is 6.49. The van der Waals surface area contributed by atoms with Crippen LogP contribution >= 0.6 is 15.9 Å². The van der Waals surface area contributed by atoms with Gasteiger partial charge in [-0.3, -0.25) is 5.32 Å². The van der Waals surface area contributed by atoms with Crippen molar-refractivity contribution < 1.29 is 9.47 Å². The van der Waals surface area contributed by atoms with Crippen LogP contribution < -0.4 is 14.8 Å². The molecule has 0 spiro atoms. The van der Waals surface area contributed by atoms with Crippen LogP contribution in [-0.4, -0.2) is 26.3 Å². The summed E-state index contributed by atoms with van der Waals surface area (Å²) in [7, 11) is 0. The lowest BCUT2D eigenvalue weighted by molar-refractivity contribution is 0.296. The van der Waals surface area contributed by atoms with Gasteiger partial charge in [0.15, 0.2) is 11.5 Å². The van der Waals surface area contributed by atoms with E-state index in [1.54, 1.807) is 6.07 Å². The number of ether oxygens (including phenoxy) is 2. The van der Waals surface area contributed by atoms with Gasteiger partial charge in [-0.15, -0.1) is 0 Å². The van der Waals surface area contributed by atoms with Crippen molar-refractivity contribution in [2.24, 2.45) is 5.11 Å². The number of hydrogen-bond donors (Lipinski definition) is 1. The molecular weight excluding hydrogens is 338 g/mol. The minimum atomic E-state index is -0.507. The van der Waals surface area contributed by atoms with E-state index in [4.69, 9.17) is 15.0 Å². The molecule has 2 rings (SSSR count). The van der Waals surface area contributed by atoms with E-state index in [0.29, 0.717) is 37.8 Å². The van der Waals surface area contributed by atoms with Gasteiger partial charge in [-0.25, -0.2) is 0 Å². The number of fused-ring (bicyclic) bond motifs is 1.